The highest BCUT2D eigenvalue weighted by molar-refractivity contribution is 5.10. The molecule has 0 spiro atoms. The molecule has 0 aliphatic rings. The van der Waals surface area contributed by atoms with Gasteiger partial charge in [-0.2, -0.15) is 0 Å². The summed E-state index contributed by atoms with van der Waals surface area (Å²) >= 11 is 0. The summed E-state index contributed by atoms with van der Waals surface area (Å²) < 4.78 is 12.9. The molecule has 0 amide bonds. The molecule has 0 radical (unpaired) electrons. The number of aryl methyl sites for hydroxylation is 1. The van der Waals surface area contributed by atoms with Crippen LogP contribution in [0.1, 0.15) is 25.8 Å². The summed E-state index contributed by atoms with van der Waals surface area (Å²) in [5.74, 6) is 0.342. The van der Waals surface area contributed by atoms with Gasteiger partial charge in [0.1, 0.15) is 5.82 Å². The average Bonchev–Trinajstić information content (AvgIpc) is 2.18. The van der Waals surface area contributed by atoms with Crippen LogP contribution in [-0.4, -0.2) is 18.1 Å². The van der Waals surface area contributed by atoms with E-state index in [1.54, 1.807) is 12.3 Å². The summed E-state index contributed by atoms with van der Waals surface area (Å²) in [4.78, 5) is 3.84. The molecule has 0 aromatic carbocycles. The number of hydrogen-bond donors (Lipinski definition) is 1. The van der Waals surface area contributed by atoms with Crippen LogP contribution in [0.5, 0.6) is 0 Å². The number of nitrogens with zero attached hydrogens (tertiary/aromatic N) is 1. The van der Waals surface area contributed by atoms with Gasteiger partial charge < -0.3 is 5.32 Å². The van der Waals surface area contributed by atoms with Gasteiger partial charge in [0.2, 0.25) is 0 Å². The number of halogens is 1. The highest BCUT2D eigenvalue weighted by Crippen LogP contribution is 2.10. The summed E-state index contributed by atoms with van der Waals surface area (Å²) in [5.41, 5.74) is 0.968. The summed E-state index contributed by atoms with van der Waals surface area (Å²) in [5, 5.41) is 3.27. The van der Waals surface area contributed by atoms with Crippen LogP contribution in [-0.2, 0) is 6.42 Å². The maximum atomic E-state index is 12.9. The van der Waals surface area contributed by atoms with Gasteiger partial charge in [0.25, 0.3) is 0 Å². The topological polar surface area (TPSA) is 24.9 Å². The zero-order valence-corrected chi connectivity index (χ0v) is 9.63. The fraction of sp³-hybridized carbons (Fsp3) is 0.583. The maximum absolute atomic E-state index is 12.9. The lowest BCUT2D eigenvalue weighted by atomic mass is 9.97. The van der Waals surface area contributed by atoms with Gasteiger partial charge in [0, 0.05) is 12.2 Å². The Morgan fingerprint density at radius 2 is 2.13 bits per heavy atom. The van der Waals surface area contributed by atoms with E-state index >= 15 is 0 Å². The van der Waals surface area contributed by atoms with E-state index in [2.05, 4.69) is 24.1 Å². The van der Waals surface area contributed by atoms with Gasteiger partial charge >= 0.3 is 0 Å². The van der Waals surface area contributed by atoms with Crippen LogP contribution < -0.4 is 5.32 Å². The molecule has 0 aliphatic carbocycles. The zero-order chi connectivity index (χ0) is 11.3. The molecular weight excluding hydrogens is 191 g/mol. The Bertz CT molecular complexity index is 299. The SMILES string of the molecule is CNC(CCc1cncc(F)c1)C(C)C. The Labute approximate surface area is 90.9 Å². The monoisotopic (exact) mass is 210 g/mol. The van der Waals surface area contributed by atoms with Crippen molar-refractivity contribution in [3.8, 4) is 0 Å². The molecule has 0 bridgehead atoms. The van der Waals surface area contributed by atoms with Crippen LogP contribution in [0.4, 0.5) is 4.39 Å². The molecule has 1 unspecified atom stereocenters. The molecule has 0 fully saturated rings. The third-order valence-electron chi connectivity index (χ3n) is 2.68. The highest BCUT2D eigenvalue weighted by atomic mass is 19.1. The molecule has 0 saturated carbocycles. The standard InChI is InChI=1S/C12H19FN2/c1-9(2)12(14-3)5-4-10-6-11(13)8-15-7-10/h6-9,12,14H,4-5H2,1-3H3. The highest BCUT2D eigenvalue weighted by Gasteiger charge is 2.10. The van der Waals surface area contributed by atoms with Gasteiger partial charge in [-0.15, -0.1) is 0 Å². The molecule has 1 rings (SSSR count). The van der Waals surface area contributed by atoms with Crippen molar-refractivity contribution in [3.05, 3.63) is 29.8 Å². The third-order valence-corrected chi connectivity index (χ3v) is 2.68. The fourth-order valence-electron chi connectivity index (χ4n) is 1.73. The van der Waals surface area contributed by atoms with Crippen LogP contribution in [0, 0.1) is 11.7 Å². The summed E-state index contributed by atoms with van der Waals surface area (Å²) in [7, 11) is 1.97. The molecule has 3 heteroatoms. The lowest BCUT2D eigenvalue weighted by molar-refractivity contribution is 0.402. The lowest BCUT2D eigenvalue weighted by Crippen LogP contribution is -2.31. The van der Waals surface area contributed by atoms with E-state index in [9.17, 15) is 4.39 Å². The number of hydrogen-bond acceptors (Lipinski definition) is 2. The molecular formula is C12H19FN2. The van der Waals surface area contributed by atoms with Crippen molar-refractivity contribution in [2.24, 2.45) is 5.92 Å². The Balaban J connectivity index is 2.49. The molecule has 0 aliphatic heterocycles. The van der Waals surface area contributed by atoms with E-state index in [1.165, 1.54) is 6.20 Å². The largest absolute Gasteiger partial charge is 0.317 e. The Morgan fingerprint density at radius 1 is 1.40 bits per heavy atom. The molecule has 2 nitrogen and oxygen atoms in total. The van der Waals surface area contributed by atoms with Crippen molar-refractivity contribution in [3.63, 3.8) is 0 Å². The van der Waals surface area contributed by atoms with Crippen LogP contribution >= 0.6 is 0 Å². The van der Waals surface area contributed by atoms with Crippen molar-refractivity contribution < 1.29 is 4.39 Å². The first-order valence-electron chi connectivity index (χ1n) is 5.40. The van der Waals surface area contributed by atoms with Crippen molar-refractivity contribution >= 4 is 0 Å². The number of nitrogens with one attached hydrogen (secondary N) is 1. The molecule has 1 atom stereocenters. The quantitative estimate of drug-likeness (QED) is 0.807. The van der Waals surface area contributed by atoms with Gasteiger partial charge in [-0.1, -0.05) is 13.8 Å². The maximum Gasteiger partial charge on any atom is 0.141 e. The molecule has 1 N–H and O–H groups in total. The van der Waals surface area contributed by atoms with E-state index in [4.69, 9.17) is 0 Å². The minimum Gasteiger partial charge on any atom is -0.317 e. The number of rotatable bonds is 5. The number of pyridine rings is 1. The summed E-state index contributed by atoms with van der Waals surface area (Å²) in [6, 6.07) is 2.04. The predicted octanol–water partition coefficient (Wildman–Crippen LogP) is 2.40. The summed E-state index contributed by atoms with van der Waals surface area (Å²) in [6.07, 6.45) is 4.85. The van der Waals surface area contributed by atoms with Gasteiger partial charge in [-0.05, 0) is 37.4 Å². The van der Waals surface area contributed by atoms with Crippen LogP contribution in [0.3, 0.4) is 0 Å². The first-order valence-corrected chi connectivity index (χ1v) is 5.40. The average molecular weight is 210 g/mol. The van der Waals surface area contributed by atoms with E-state index in [0.717, 1.165) is 18.4 Å². The molecule has 1 heterocycles. The molecule has 15 heavy (non-hydrogen) atoms. The van der Waals surface area contributed by atoms with Gasteiger partial charge in [0.15, 0.2) is 0 Å². The molecule has 84 valence electrons. The van der Waals surface area contributed by atoms with Gasteiger partial charge in [0.05, 0.1) is 6.20 Å². The van der Waals surface area contributed by atoms with Gasteiger partial charge in [-0.3, -0.25) is 4.98 Å². The van der Waals surface area contributed by atoms with Crippen LogP contribution in [0.15, 0.2) is 18.5 Å². The van der Waals surface area contributed by atoms with Crippen molar-refractivity contribution in [1.82, 2.24) is 10.3 Å². The van der Waals surface area contributed by atoms with Crippen molar-refractivity contribution in [1.29, 1.82) is 0 Å². The van der Waals surface area contributed by atoms with Crippen LogP contribution in [0.2, 0.25) is 0 Å². The third kappa shape index (κ3) is 3.96. The first-order chi connectivity index (χ1) is 7.13. The Kier molecular flexibility index (Phi) is 4.69. The smallest absolute Gasteiger partial charge is 0.141 e. The van der Waals surface area contributed by atoms with Crippen molar-refractivity contribution in [2.45, 2.75) is 32.7 Å². The Hall–Kier alpha value is -0.960. The minimum absolute atomic E-state index is 0.252. The molecule has 1 aromatic rings. The first kappa shape index (κ1) is 12.1. The fourth-order valence-corrected chi connectivity index (χ4v) is 1.73. The number of aromatic nitrogens is 1. The minimum atomic E-state index is -0.252. The molecule has 1 aromatic heterocycles. The van der Waals surface area contributed by atoms with E-state index < -0.39 is 0 Å². The predicted molar refractivity (Wildman–Crippen MR) is 60.2 cm³/mol. The van der Waals surface area contributed by atoms with Gasteiger partial charge in [-0.25, -0.2) is 4.39 Å². The van der Waals surface area contributed by atoms with Crippen molar-refractivity contribution in [2.75, 3.05) is 7.05 Å². The van der Waals surface area contributed by atoms with E-state index in [1.807, 2.05) is 7.05 Å². The van der Waals surface area contributed by atoms with E-state index in [0.29, 0.717) is 12.0 Å². The second-order valence-corrected chi connectivity index (χ2v) is 4.19. The van der Waals surface area contributed by atoms with Crippen LogP contribution in [0.25, 0.3) is 0 Å². The molecule has 0 saturated heterocycles. The van der Waals surface area contributed by atoms with E-state index in [-0.39, 0.29) is 5.82 Å². The second-order valence-electron chi connectivity index (χ2n) is 4.19. The normalized spacial score (nSPS) is 13.1. The zero-order valence-electron chi connectivity index (χ0n) is 9.63. The summed E-state index contributed by atoms with van der Waals surface area (Å²) in [6.45, 7) is 4.37. The Morgan fingerprint density at radius 3 is 2.67 bits per heavy atom. The second kappa shape index (κ2) is 5.81. The lowest BCUT2D eigenvalue weighted by Gasteiger charge is -2.19.